The van der Waals surface area contributed by atoms with Crippen molar-refractivity contribution in [3.05, 3.63) is 42.0 Å². The Morgan fingerprint density at radius 2 is 1.88 bits per heavy atom. The van der Waals surface area contributed by atoms with Gasteiger partial charge in [0.05, 0.1) is 10.6 Å². The lowest BCUT2D eigenvalue weighted by molar-refractivity contribution is 0.595. The van der Waals surface area contributed by atoms with E-state index in [2.05, 4.69) is 0 Å². The molecule has 0 bridgehead atoms. The molecule has 90 valence electrons. The number of hydrogen-bond donors (Lipinski definition) is 0. The second-order valence-electron chi connectivity index (χ2n) is 4.30. The van der Waals surface area contributed by atoms with E-state index >= 15 is 0 Å². The number of sulfone groups is 1. The van der Waals surface area contributed by atoms with E-state index in [0.717, 1.165) is 16.3 Å². The van der Waals surface area contributed by atoms with Crippen LogP contribution in [0.5, 0.6) is 0 Å². The highest BCUT2D eigenvalue weighted by atomic mass is 32.2. The van der Waals surface area contributed by atoms with Gasteiger partial charge in [0, 0.05) is 5.39 Å². The molecule has 0 aromatic heterocycles. The average Bonchev–Trinajstić information content (AvgIpc) is 2.28. The van der Waals surface area contributed by atoms with Crippen molar-refractivity contribution in [2.45, 2.75) is 25.2 Å². The third-order valence-electron chi connectivity index (χ3n) is 2.81. The second kappa shape index (κ2) is 4.49. The molecule has 0 spiro atoms. The van der Waals surface area contributed by atoms with E-state index in [1.807, 2.05) is 38.1 Å². The van der Waals surface area contributed by atoms with Crippen LogP contribution in [0.3, 0.4) is 0 Å². The quantitative estimate of drug-likeness (QED) is 0.835. The molecule has 2 aromatic rings. The van der Waals surface area contributed by atoms with E-state index in [-0.39, 0.29) is 5.75 Å². The van der Waals surface area contributed by atoms with Gasteiger partial charge in [-0.1, -0.05) is 42.8 Å². The van der Waals surface area contributed by atoms with Crippen molar-refractivity contribution in [3.63, 3.8) is 0 Å². The highest BCUT2D eigenvalue weighted by Gasteiger charge is 2.16. The van der Waals surface area contributed by atoms with Gasteiger partial charge < -0.3 is 0 Å². The summed E-state index contributed by atoms with van der Waals surface area (Å²) >= 11 is 0. The lowest BCUT2D eigenvalue weighted by atomic mass is 10.1. The molecule has 2 nitrogen and oxygen atoms in total. The first-order valence-corrected chi connectivity index (χ1v) is 7.42. The van der Waals surface area contributed by atoms with Crippen LogP contribution < -0.4 is 0 Å². The normalized spacial score (nSPS) is 11.9. The molecular weight excluding hydrogens is 232 g/mol. The van der Waals surface area contributed by atoms with Crippen LogP contribution in [0.2, 0.25) is 0 Å². The molecule has 0 N–H and O–H groups in total. The number of hydrogen-bond acceptors (Lipinski definition) is 2. The summed E-state index contributed by atoms with van der Waals surface area (Å²) in [5.41, 5.74) is 1.08. The zero-order valence-electron chi connectivity index (χ0n) is 10.1. The summed E-state index contributed by atoms with van der Waals surface area (Å²) in [4.78, 5) is 0.459. The molecule has 3 heteroatoms. The predicted octanol–water partition coefficient (Wildman–Crippen LogP) is 3.33. The minimum atomic E-state index is -3.15. The van der Waals surface area contributed by atoms with E-state index in [1.165, 1.54) is 0 Å². The lowest BCUT2D eigenvalue weighted by Crippen LogP contribution is -2.06. The molecule has 0 unspecified atom stereocenters. The summed E-state index contributed by atoms with van der Waals surface area (Å²) < 4.78 is 24.3. The summed E-state index contributed by atoms with van der Waals surface area (Å²) in [6.07, 6.45) is 0.643. The van der Waals surface area contributed by atoms with Crippen LogP contribution in [0.15, 0.2) is 41.3 Å². The van der Waals surface area contributed by atoms with Gasteiger partial charge in [-0.2, -0.15) is 0 Å². The Bertz CT molecular complexity index is 642. The first-order valence-electron chi connectivity index (χ1n) is 5.77. The average molecular weight is 248 g/mol. The van der Waals surface area contributed by atoms with E-state index in [0.29, 0.717) is 11.3 Å². The minimum Gasteiger partial charge on any atom is -0.224 e. The summed E-state index contributed by atoms with van der Waals surface area (Å²) in [6, 6.07) is 11.4. The van der Waals surface area contributed by atoms with E-state index in [4.69, 9.17) is 0 Å². The van der Waals surface area contributed by atoms with Crippen LogP contribution in [-0.4, -0.2) is 14.2 Å². The summed E-state index contributed by atoms with van der Waals surface area (Å²) in [5.74, 6) is 0.208. The zero-order chi connectivity index (χ0) is 12.5. The van der Waals surface area contributed by atoms with Gasteiger partial charge in [0.25, 0.3) is 0 Å². The first-order chi connectivity index (χ1) is 8.04. The minimum absolute atomic E-state index is 0.208. The number of fused-ring (bicyclic) bond motifs is 1. The maximum atomic E-state index is 12.2. The van der Waals surface area contributed by atoms with E-state index < -0.39 is 9.84 Å². The van der Waals surface area contributed by atoms with Gasteiger partial charge in [-0.3, -0.25) is 0 Å². The molecule has 0 atom stereocenters. The SMILES string of the molecule is CCCS(=O)(=O)c1cccc2ccc(C)cc12. The molecule has 17 heavy (non-hydrogen) atoms. The largest absolute Gasteiger partial charge is 0.224 e. The van der Waals surface area contributed by atoms with Crippen LogP contribution in [0.25, 0.3) is 10.8 Å². The van der Waals surface area contributed by atoms with Gasteiger partial charge >= 0.3 is 0 Å². The van der Waals surface area contributed by atoms with Crippen molar-refractivity contribution in [1.29, 1.82) is 0 Å². The molecule has 0 amide bonds. The fourth-order valence-electron chi connectivity index (χ4n) is 2.01. The molecular formula is C14H16O2S. The lowest BCUT2D eigenvalue weighted by Gasteiger charge is -2.08. The zero-order valence-corrected chi connectivity index (χ0v) is 10.9. The Hall–Kier alpha value is -1.35. The molecule has 0 heterocycles. The third-order valence-corrected chi connectivity index (χ3v) is 4.78. The molecule has 0 saturated heterocycles. The fraction of sp³-hybridized carbons (Fsp3) is 0.286. The number of benzene rings is 2. The Kier molecular flexibility index (Phi) is 3.20. The standard InChI is InChI=1S/C14H16O2S/c1-3-9-17(15,16)14-6-4-5-12-8-7-11(2)10-13(12)14/h4-8,10H,3,9H2,1-2H3. The topological polar surface area (TPSA) is 34.1 Å². The van der Waals surface area contributed by atoms with Gasteiger partial charge in [0.15, 0.2) is 9.84 Å². The molecule has 0 radical (unpaired) electrons. The number of aryl methyl sites for hydroxylation is 1. The van der Waals surface area contributed by atoms with E-state index in [1.54, 1.807) is 12.1 Å². The van der Waals surface area contributed by atoms with Crippen LogP contribution in [0.4, 0.5) is 0 Å². The van der Waals surface area contributed by atoms with Crippen molar-refractivity contribution >= 4 is 20.6 Å². The molecule has 0 aliphatic heterocycles. The molecule has 0 fully saturated rings. The molecule has 0 aliphatic rings. The van der Waals surface area contributed by atoms with Gasteiger partial charge in [-0.05, 0) is 24.8 Å². The van der Waals surface area contributed by atoms with Gasteiger partial charge in [-0.25, -0.2) is 8.42 Å². The summed E-state index contributed by atoms with van der Waals surface area (Å²) in [5, 5.41) is 1.81. The van der Waals surface area contributed by atoms with Crippen LogP contribution in [0.1, 0.15) is 18.9 Å². The summed E-state index contributed by atoms with van der Waals surface area (Å²) in [7, 11) is -3.15. The predicted molar refractivity (Wildman–Crippen MR) is 71.0 cm³/mol. The van der Waals surface area contributed by atoms with Crippen LogP contribution >= 0.6 is 0 Å². The van der Waals surface area contributed by atoms with Crippen LogP contribution in [0, 0.1) is 6.92 Å². The molecule has 2 aromatic carbocycles. The maximum Gasteiger partial charge on any atom is 0.178 e. The van der Waals surface area contributed by atoms with Crippen LogP contribution in [-0.2, 0) is 9.84 Å². The maximum absolute atomic E-state index is 12.2. The molecule has 0 aliphatic carbocycles. The van der Waals surface area contributed by atoms with Gasteiger partial charge in [0.1, 0.15) is 0 Å². The van der Waals surface area contributed by atoms with Crippen molar-refractivity contribution in [1.82, 2.24) is 0 Å². The second-order valence-corrected chi connectivity index (χ2v) is 6.38. The molecule has 0 saturated carbocycles. The highest BCUT2D eigenvalue weighted by Crippen LogP contribution is 2.25. The third kappa shape index (κ3) is 2.34. The Balaban J connectivity index is 2.74. The summed E-state index contributed by atoms with van der Waals surface area (Å²) in [6.45, 7) is 3.86. The first kappa shape index (κ1) is 12.1. The van der Waals surface area contributed by atoms with E-state index in [9.17, 15) is 8.42 Å². The Labute approximate surface area is 102 Å². The van der Waals surface area contributed by atoms with Crippen molar-refractivity contribution in [2.24, 2.45) is 0 Å². The van der Waals surface area contributed by atoms with Gasteiger partial charge in [-0.15, -0.1) is 0 Å². The highest BCUT2D eigenvalue weighted by molar-refractivity contribution is 7.91. The fourth-order valence-corrected chi connectivity index (χ4v) is 3.56. The Morgan fingerprint density at radius 3 is 2.59 bits per heavy atom. The van der Waals surface area contributed by atoms with Crippen molar-refractivity contribution in [3.8, 4) is 0 Å². The monoisotopic (exact) mass is 248 g/mol. The number of rotatable bonds is 3. The van der Waals surface area contributed by atoms with Gasteiger partial charge in [0.2, 0.25) is 0 Å². The Morgan fingerprint density at radius 1 is 1.12 bits per heavy atom. The van der Waals surface area contributed by atoms with Crippen molar-refractivity contribution < 1.29 is 8.42 Å². The smallest absolute Gasteiger partial charge is 0.178 e. The van der Waals surface area contributed by atoms with Crippen molar-refractivity contribution in [2.75, 3.05) is 5.75 Å². The molecule has 2 rings (SSSR count).